The minimum Gasteiger partial charge on any atom is -0.0622 e. The summed E-state index contributed by atoms with van der Waals surface area (Å²) >= 11 is 0. The van der Waals surface area contributed by atoms with Crippen LogP contribution in [-0.4, -0.2) is 0 Å². The van der Waals surface area contributed by atoms with Crippen LogP contribution in [0, 0.1) is 0 Å². The maximum atomic E-state index is 2.39. The van der Waals surface area contributed by atoms with Crippen LogP contribution in [0.4, 0.5) is 0 Å². The van der Waals surface area contributed by atoms with Gasteiger partial charge < -0.3 is 0 Å². The van der Waals surface area contributed by atoms with Crippen molar-refractivity contribution < 1.29 is 0 Å². The molecule has 5 rings (SSSR count). The van der Waals surface area contributed by atoms with Gasteiger partial charge in [0.05, 0.1) is 0 Å². The summed E-state index contributed by atoms with van der Waals surface area (Å²) < 4.78 is 0. The van der Waals surface area contributed by atoms with Gasteiger partial charge in [-0.1, -0.05) is 78.9 Å². The van der Waals surface area contributed by atoms with Gasteiger partial charge in [-0.05, 0) is 57.5 Å². The van der Waals surface area contributed by atoms with Crippen molar-refractivity contribution in [2.24, 2.45) is 0 Å². The number of aryl methyl sites for hydroxylation is 1. The zero-order valence-corrected chi connectivity index (χ0v) is 13.7. The molecule has 0 radical (unpaired) electrons. The quantitative estimate of drug-likeness (QED) is 0.354. The Balaban J connectivity index is 1.77. The first-order valence-electron chi connectivity index (χ1n) is 8.90. The molecule has 4 aromatic carbocycles. The van der Waals surface area contributed by atoms with E-state index in [-0.39, 0.29) is 0 Å². The number of benzene rings is 4. The summed E-state index contributed by atoms with van der Waals surface area (Å²) in [7, 11) is 0. The van der Waals surface area contributed by atoms with Gasteiger partial charge in [0.2, 0.25) is 0 Å². The highest BCUT2D eigenvalue weighted by molar-refractivity contribution is 6.08. The fraction of sp³-hybridized carbons (Fsp3) is 0.167. The molecule has 0 aliphatic heterocycles. The summed E-state index contributed by atoms with van der Waals surface area (Å²) in [6, 6.07) is 29.1. The molecular weight excluding hydrogens is 288 g/mol. The molecule has 0 N–H and O–H groups in total. The van der Waals surface area contributed by atoms with Crippen LogP contribution in [0.5, 0.6) is 0 Å². The Morgan fingerprint density at radius 3 is 2.33 bits per heavy atom. The highest BCUT2D eigenvalue weighted by atomic mass is 14.3. The van der Waals surface area contributed by atoms with E-state index in [0.29, 0.717) is 5.92 Å². The van der Waals surface area contributed by atoms with E-state index in [4.69, 9.17) is 0 Å². The molecule has 0 amide bonds. The lowest BCUT2D eigenvalue weighted by molar-refractivity contribution is 0.619. The number of fused-ring (bicyclic) bond motifs is 5. The third kappa shape index (κ3) is 2.06. The monoisotopic (exact) mass is 308 g/mol. The third-order valence-corrected chi connectivity index (χ3v) is 5.57. The Hall–Kier alpha value is -2.60. The zero-order valence-electron chi connectivity index (χ0n) is 13.7. The number of hydrogen-bond acceptors (Lipinski definition) is 0. The average molecular weight is 308 g/mol. The van der Waals surface area contributed by atoms with E-state index >= 15 is 0 Å². The Labute approximate surface area is 142 Å². The summed E-state index contributed by atoms with van der Waals surface area (Å²) in [5.74, 6) is 0.547. The highest BCUT2D eigenvalue weighted by Crippen LogP contribution is 2.41. The van der Waals surface area contributed by atoms with Gasteiger partial charge in [-0.25, -0.2) is 0 Å². The van der Waals surface area contributed by atoms with Crippen molar-refractivity contribution in [1.82, 2.24) is 0 Å². The summed E-state index contributed by atoms with van der Waals surface area (Å²) in [6.45, 7) is 0. The Bertz CT molecular complexity index is 1030. The molecular formula is C24H20. The predicted molar refractivity (Wildman–Crippen MR) is 103 cm³/mol. The molecule has 1 unspecified atom stereocenters. The van der Waals surface area contributed by atoms with Gasteiger partial charge in [-0.2, -0.15) is 0 Å². The average Bonchev–Trinajstić information content (AvgIpc) is 2.67. The van der Waals surface area contributed by atoms with Gasteiger partial charge in [-0.15, -0.1) is 0 Å². The molecule has 0 fully saturated rings. The second kappa shape index (κ2) is 5.49. The lowest BCUT2D eigenvalue weighted by Gasteiger charge is -2.27. The van der Waals surface area contributed by atoms with Crippen molar-refractivity contribution >= 4 is 21.5 Å². The molecule has 1 aliphatic rings. The second-order valence-corrected chi connectivity index (χ2v) is 6.87. The Morgan fingerprint density at radius 1 is 0.625 bits per heavy atom. The summed E-state index contributed by atoms with van der Waals surface area (Å²) in [5.41, 5.74) is 4.56. The van der Waals surface area contributed by atoms with Crippen molar-refractivity contribution in [2.45, 2.75) is 25.2 Å². The van der Waals surface area contributed by atoms with Crippen LogP contribution in [-0.2, 0) is 6.42 Å². The van der Waals surface area contributed by atoms with E-state index in [9.17, 15) is 0 Å². The fourth-order valence-corrected chi connectivity index (χ4v) is 4.44. The van der Waals surface area contributed by atoms with Crippen LogP contribution < -0.4 is 0 Å². The smallest absolute Gasteiger partial charge is 0.00924 e. The van der Waals surface area contributed by atoms with Gasteiger partial charge in [0.1, 0.15) is 0 Å². The zero-order chi connectivity index (χ0) is 15.9. The molecule has 0 nitrogen and oxygen atoms in total. The first kappa shape index (κ1) is 13.8. The van der Waals surface area contributed by atoms with Crippen LogP contribution in [0.3, 0.4) is 0 Å². The SMILES string of the molecule is c1ccc(C2CCCc3c2ccc2c3ccc3ccccc32)cc1. The lowest BCUT2D eigenvalue weighted by atomic mass is 9.77. The summed E-state index contributed by atoms with van der Waals surface area (Å²) in [5, 5.41) is 5.56. The first-order chi connectivity index (χ1) is 11.9. The van der Waals surface area contributed by atoms with Gasteiger partial charge in [0.25, 0.3) is 0 Å². The van der Waals surface area contributed by atoms with E-state index < -0.39 is 0 Å². The molecule has 0 heteroatoms. The van der Waals surface area contributed by atoms with Crippen molar-refractivity contribution in [3.8, 4) is 0 Å². The molecule has 116 valence electrons. The predicted octanol–water partition coefficient (Wildman–Crippen LogP) is 6.46. The largest absolute Gasteiger partial charge is 0.0622 e. The van der Waals surface area contributed by atoms with Crippen molar-refractivity contribution in [3.63, 3.8) is 0 Å². The van der Waals surface area contributed by atoms with Gasteiger partial charge in [0, 0.05) is 5.92 Å². The molecule has 24 heavy (non-hydrogen) atoms. The minimum atomic E-state index is 0.547. The van der Waals surface area contributed by atoms with E-state index in [1.165, 1.54) is 51.9 Å². The van der Waals surface area contributed by atoms with E-state index in [2.05, 4.69) is 78.9 Å². The third-order valence-electron chi connectivity index (χ3n) is 5.57. The van der Waals surface area contributed by atoms with Crippen LogP contribution in [0.1, 0.15) is 35.4 Å². The maximum absolute atomic E-state index is 2.39. The van der Waals surface area contributed by atoms with Crippen molar-refractivity contribution in [1.29, 1.82) is 0 Å². The molecule has 0 saturated heterocycles. The molecule has 0 aromatic heterocycles. The van der Waals surface area contributed by atoms with E-state index in [1.54, 1.807) is 5.56 Å². The van der Waals surface area contributed by atoms with Crippen LogP contribution in [0.2, 0.25) is 0 Å². The summed E-state index contributed by atoms with van der Waals surface area (Å²) in [6.07, 6.45) is 3.74. The topological polar surface area (TPSA) is 0 Å². The van der Waals surface area contributed by atoms with E-state index in [1.807, 2.05) is 0 Å². The fourth-order valence-electron chi connectivity index (χ4n) is 4.44. The maximum Gasteiger partial charge on any atom is 0.00924 e. The van der Waals surface area contributed by atoms with Crippen LogP contribution >= 0.6 is 0 Å². The normalized spacial score (nSPS) is 17.1. The number of hydrogen-bond donors (Lipinski definition) is 0. The summed E-state index contributed by atoms with van der Waals surface area (Å²) in [4.78, 5) is 0. The van der Waals surface area contributed by atoms with Crippen LogP contribution in [0.25, 0.3) is 21.5 Å². The lowest BCUT2D eigenvalue weighted by Crippen LogP contribution is -2.11. The minimum absolute atomic E-state index is 0.547. The molecule has 1 aliphatic carbocycles. The van der Waals surface area contributed by atoms with Gasteiger partial charge >= 0.3 is 0 Å². The highest BCUT2D eigenvalue weighted by Gasteiger charge is 2.23. The molecule has 1 atom stereocenters. The second-order valence-electron chi connectivity index (χ2n) is 6.87. The Morgan fingerprint density at radius 2 is 1.42 bits per heavy atom. The Kier molecular flexibility index (Phi) is 3.16. The first-order valence-corrected chi connectivity index (χ1v) is 8.90. The van der Waals surface area contributed by atoms with Gasteiger partial charge in [0.15, 0.2) is 0 Å². The van der Waals surface area contributed by atoms with Gasteiger partial charge in [-0.3, -0.25) is 0 Å². The number of rotatable bonds is 1. The molecule has 0 saturated carbocycles. The standard InChI is InChI=1S/C24H20/c1-2-7-17(8-3-1)20-11-6-12-21-22(20)15-16-23-19-10-5-4-9-18(19)13-14-24(21)23/h1-5,7-10,13-16,20H,6,11-12H2. The van der Waals surface area contributed by atoms with Crippen LogP contribution in [0.15, 0.2) is 78.9 Å². The molecule has 0 spiro atoms. The molecule has 0 heterocycles. The molecule has 4 aromatic rings. The van der Waals surface area contributed by atoms with E-state index in [0.717, 1.165) is 0 Å². The van der Waals surface area contributed by atoms with Crippen molar-refractivity contribution in [2.75, 3.05) is 0 Å². The van der Waals surface area contributed by atoms with Crippen molar-refractivity contribution in [3.05, 3.63) is 95.6 Å². The molecule has 0 bridgehead atoms.